The van der Waals surface area contributed by atoms with E-state index < -0.39 is 0 Å². The Morgan fingerprint density at radius 1 is 0.358 bits per heavy atom. The number of fused-ring (bicyclic) bond motifs is 7. The van der Waals surface area contributed by atoms with Gasteiger partial charge < -0.3 is 19.1 Å². The van der Waals surface area contributed by atoms with Gasteiger partial charge in [-0.2, -0.15) is 0 Å². The van der Waals surface area contributed by atoms with Crippen LogP contribution in [0.5, 0.6) is 0 Å². The smallest absolute Gasteiger partial charge is 0.252 e. The third-order valence-corrected chi connectivity index (χ3v) is 17.1. The summed E-state index contributed by atoms with van der Waals surface area (Å²) in [4.78, 5) is 7.65. The van der Waals surface area contributed by atoms with Crippen LogP contribution in [0, 0.1) is 0 Å². The van der Waals surface area contributed by atoms with Crippen LogP contribution in [0.4, 0.5) is 51.2 Å². The van der Waals surface area contributed by atoms with Gasteiger partial charge in [-0.15, -0.1) is 0 Å². The molecule has 4 nitrogen and oxygen atoms in total. The van der Waals surface area contributed by atoms with E-state index in [1.54, 1.807) is 0 Å². The van der Waals surface area contributed by atoms with Crippen LogP contribution in [0.3, 0.4) is 0 Å². The van der Waals surface area contributed by atoms with Crippen molar-refractivity contribution in [1.29, 1.82) is 0 Å². The summed E-state index contributed by atoms with van der Waals surface area (Å²) in [6.07, 6.45) is 0. The topological polar surface area (TPSA) is 22.9 Å². The number of hydrogen-bond acceptors (Lipinski definition) is 4. The summed E-state index contributed by atoms with van der Waals surface area (Å²) in [5, 5.41) is 2.25. The zero-order chi connectivity index (χ0) is 56.3. The molecule has 0 fully saturated rings. The largest absolute Gasteiger partial charge is 0.456 e. The van der Waals surface area contributed by atoms with Gasteiger partial charge >= 0.3 is 0 Å². The Balaban J connectivity index is 1.12. The highest BCUT2D eigenvalue weighted by Gasteiger charge is 2.45. The number of benzene rings is 10. The van der Waals surface area contributed by atoms with Crippen molar-refractivity contribution in [2.45, 2.75) is 105 Å². The number of para-hydroxylation sites is 2. The first-order chi connectivity index (χ1) is 38.7. The lowest BCUT2D eigenvalue weighted by atomic mass is 9.33. The lowest BCUT2D eigenvalue weighted by Gasteiger charge is -2.45. The van der Waals surface area contributed by atoms with Gasteiger partial charge in [-0.25, -0.2) is 0 Å². The maximum absolute atomic E-state index is 6.52. The van der Waals surface area contributed by atoms with Crippen molar-refractivity contribution < 1.29 is 4.42 Å². The summed E-state index contributed by atoms with van der Waals surface area (Å²) in [5.74, 6) is 0. The molecule has 0 atom stereocenters. The molecule has 1 aromatic heterocycles. The molecule has 81 heavy (non-hydrogen) atoms. The highest BCUT2D eigenvalue weighted by molar-refractivity contribution is 7.00. The van der Waals surface area contributed by atoms with Gasteiger partial charge in [-0.3, -0.25) is 0 Å². The molecule has 0 saturated carbocycles. The molecular weight excluding hydrogens is 982 g/mol. The summed E-state index contributed by atoms with van der Waals surface area (Å²) in [6.45, 7) is 27.8. The normalized spacial score (nSPS) is 13.4. The van der Waals surface area contributed by atoms with E-state index in [1.807, 2.05) is 0 Å². The van der Waals surface area contributed by atoms with Gasteiger partial charge in [0.1, 0.15) is 11.2 Å². The lowest BCUT2D eigenvalue weighted by Crippen LogP contribution is -2.61. The second-order valence-electron chi connectivity index (χ2n) is 26.7. The molecule has 0 saturated heterocycles. The number of hydrogen-bond donors (Lipinski definition) is 0. The van der Waals surface area contributed by atoms with Gasteiger partial charge in [0.15, 0.2) is 0 Å². The fourth-order valence-corrected chi connectivity index (χ4v) is 12.6. The SMILES string of the molecule is CC(C)(C)c1ccc(N2c3ccc(C(C)(C)C)cc3B3c4ccc(N(c5ccccc5)c5ccc(C(C)(C)C)cc5-c5ccccc5)cc4N(c4cccc(-c5cccc6oc7ccccc7c56)c4)c4cc(C(C)(C)C)cc2c43)cc1. The van der Waals surface area contributed by atoms with Gasteiger partial charge in [0.25, 0.3) is 6.71 Å². The first-order valence-corrected chi connectivity index (χ1v) is 28.9. The average molecular weight is 1050 g/mol. The van der Waals surface area contributed by atoms with Crippen LogP contribution in [0.15, 0.2) is 223 Å². The monoisotopic (exact) mass is 1050 g/mol. The molecule has 0 radical (unpaired) electrons. The van der Waals surface area contributed by atoms with Gasteiger partial charge in [-0.1, -0.05) is 210 Å². The minimum Gasteiger partial charge on any atom is -0.456 e. The molecule has 0 spiro atoms. The van der Waals surface area contributed by atoms with E-state index in [1.165, 1.54) is 66.8 Å². The molecule has 10 aromatic carbocycles. The summed E-state index contributed by atoms with van der Waals surface area (Å²) >= 11 is 0. The van der Waals surface area contributed by atoms with E-state index in [0.717, 1.165) is 67.2 Å². The highest BCUT2D eigenvalue weighted by atomic mass is 16.3. The fraction of sp³-hybridized carbons (Fsp3) is 0.211. The first-order valence-electron chi connectivity index (χ1n) is 28.9. The maximum Gasteiger partial charge on any atom is 0.252 e. The standard InChI is InChI=1S/C76H72BN3O/c1-73(2,3)51-33-37-56(38-34-51)79-65-42-36-53(75(7,8)9)45-63(65)77-62-40-39-58(78(55-26-17-14-18-27-55)64-41-35-52(74(4,5)6)44-61(64)49-23-15-13-16-24-49)48-66(62)80(68-47-54(76(10,11)12)46-67(79)72(68)77)57-28-21-25-50(43-57)59-30-22-32-70-71(59)60-29-19-20-31-69(60)81-70/h13-48H,1-12H3. The molecular formula is C76H72BN3O. The van der Waals surface area contributed by atoms with Crippen LogP contribution in [-0.4, -0.2) is 6.71 Å². The third kappa shape index (κ3) is 9.03. The molecule has 400 valence electrons. The Bertz CT molecular complexity index is 4220. The van der Waals surface area contributed by atoms with Crippen LogP contribution < -0.4 is 31.1 Å². The zero-order valence-electron chi connectivity index (χ0n) is 49.1. The first kappa shape index (κ1) is 51.9. The van der Waals surface area contributed by atoms with Crippen molar-refractivity contribution in [2.24, 2.45) is 0 Å². The van der Waals surface area contributed by atoms with E-state index >= 15 is 0 Å². The van der Waals surface area contributed by atoms with Crippen molar-refractivity contribution in [3.8, 4) is 22.3 Å². The molecule has 13 rings (SSSR count). The van der Waals surface area contributed by atoms with E-state index in [-0.39, 0.29) is 28.4 Å². The number of furan rings is 1. The van der Waals surface area contributed by atoms with Crippen molar-refractivity contribution >= 4 is 96.2 Å². The highest BCUT2D eigenvalue weighted by Crippen LogP contribution is 2.50. The van der Waals surface area contributed by atoms with Crippen LogP contribution in [0.25, 0.3) is 44.2 Å². The number of rotatable bonds is 7. The summed E-state index contributed by atoms with van der Waals surface area (Å²) in [6, 6.07) is 82.1. The van der Waals surface area contributed by atoms with Gasteiger partial charge in [0.2, 0.25) is 0 Å². The summed E-state index contributed by atoms with van der Waals surface area (Å²) < 4.78 is 6.52. The quantitative estimate of drug-likeness (QED) is 0.148. The molecule has 0 unspecified atom stereocenters. The molecule has 3 heterocycles. The van der Waals surface area contributed by atoms with E-state index in [4.69, 9.17) is 4.42 Å². The molecule has 2 aliphatic heterocycles. The minimum absolute atomic E-state index is 0.0132. The Morgan fingerprint density at radius 3 is 1.63 bits per heavy atom. The van der Waals surface area contributed by atoms with E-state index in [2.05, 4.69) is 316 Å². The predicted molar refractivity (Wildman–Crippen MR) is 348 cm³/mol. The van der Waals surface area contributed by atoms with Crippen molar-refractivity contribution in [2.75, 3.05) is 14.7 Å². The van der Waals surface area contributed by atoms with E-state index in [9.17, 15) is 0 Å². The zero-order valence-corrected chi connectivity index (χ0v) is 49.1. The number of anilines is 9. The van der Waals surface area contributed by atoms with Gasteiger partial charge in [0, 0.05) is 61.8 Å². The minimum atomic E-state index is -0.191. The predicted octanol–water partition coefficient (Wildman–Crippen LogP) is 19.7. The number of nitrogens with zero attached hydrogens (tertiary/aromatic N) is 3. The lowest BCUT2D eigenvalue weighted by molar-refractivity contribution is 0.589. The average Bonchev–Trinajstić information content (AvgIpc) is 4.00. The Hall–Kier alpha value is -8.54. The van der Waals surface area contributed by atoms with Crippen LogP contribution in [0.1, 0.15) is 105 Å². The van der Waals surface area contributed by atoms with Crippen molar-refractivity contribution in [1.82, 2.24) is 0 Å². The molecule has 11 aromatic rings. The fourth-order valence-electron chi connectivity index (χ4n) is 12.6. The van der Waals surface area contributed by atoms with Crippen LogP contribution >= 0.6 is 0 Å². The second-order valence-corrected chi connectivity index (χ2v) is 26.7. The Labute approximate surface area is 480 Å². The van der Waals surface area contributed by atoms with Crippen molar-refractivity contribution in [3.63, 3.8) is 0 Å². The molecule has 0 bridgehead atoms. The van der Waals surface area contributed by atoms with Gasteiger partial charge in [0.05, 0.1) is 5.69 Å². The van der Waals surface area contributed by atoms with Crippen molar-refractivity contribution in [3.05, 3.63) is 241 Å². The van der Waals surface area contributed by atoms with Crippen LogP contribution in [-0.2, 0) is 21.7 Å². The summed E-state index contributed by atoms with van der Waals surface area (Å²) in [5.41, 5.74) is 25.5. The summed E-state index contributed by atoms with van der Waals surface area (Å²) in [7, 11) is 0. The van der Waals surface area contributed by atoms with Crippen LogP contribution in [0.2, 0.25) is 0 Å². The molecule has 0 N–H and O–H groups in total. The molecule has 2 aliphatic rings. The van der Waals surface area contributed by atoms with Gasteiger partial charge in [-0.05, 0) is 168 Å². The molecule has 0 amide bonds. The van der Waals surface area contributed by atoms with E-state index in [0.29, 0.717) is 0 Å². The third-order valence-electron chi connectivity index (χ3n) is 17.1. The second kappa shape index (κ2) is 19.1. The molecule has 5 heteroatoms. The Kier molecular flexibility index (Phi) is 12.2. The Morgan fingerprint density at radius 2 is 0.938 bits per heavy atom. The molecule has 0 aliphatic carbocycles. The maximum atomic E-state index is 6.52.